The summed E-state index contributed by atoms with van der Waals surface area (Å²) in [6.07, 6.45) is 0. The Labute approximate surface area is 701 Å². The third-order valence-electron chi connectivity index (χ3n) is 25.5. The van der Waals surface area contributed by atoms with Crippen LogP contribution < -0.4 is 21.3 Å². The first-order valence-corrected chi connectivity index (χ1v) is 42.1. The fourth-order valence-corrected chi connectivity index (χ4v) is 19.1. The quantitative estimate of drug-likeness (QED) is 0.128. The van der Waals surface area contributed by atoms with Gasteiger partial charge in [-0.2, -0.15) is 10.5 Å². The third-order valence-corrected chi connectivity index (χ3v) is 25.5. The van der Waals surface area contributed by atoms with E-state index in [4.69, 9.17) is 0 Å². The maximum absolute atomic E-state index is 11.2. The zero-order chi connectivity index (χ0) is 82.5. The first-order valence-electron chi connectivity index (χ1n) is 42.1. The Morgan fingerprint density at radius 2 is 0.655 bits per heavy atom. The molecule has 578 valence electrons. The van der Waals surface area contributed by atoms with E-state index < -0.39 is 11.3 Å². The number of hydrogen-bond acceptors (Lipinski definition) is 3. The van der Waals surface area contributed by atoms with Crippen molar-refractivity contribution in [2.24, 2.45) is 0 Å². The first-order chi connectivity index (χ1) is 57.1. The van der Waals surface area contributed by atoms with Gasteiger partial charge in [0.25, 0.3) is 0 Å². The molecule has 0 radical (unpaired) electrons. The Bertz CT molecular complexity index is 6570. The van der Waals surface area contributed by atoms with Crippen molar-refractivity contribution in [3.05, 3.63) is 371 Å². The summed E-state index contributed by atoms with van der Waals surface area (Å²) < 4.78 is 4.98. The summed E-state index contributed by atoms with van der Waals surface area (Å²) in [6, 6.07) is 124. The summed E-state index contributed by atoms with van der Waals surface area (Å²) in [4.78, 5) is 2.70. The molecule has 0 amide bonds. The molecule has 15 aromatic carbocycles. The third kappa shape index (κ3) is 13.1. The van der Waals surface area contributed by atoms with Crippen molar-refractivity contribution in [1.29, 1.82) is 10.5 Å². The van der Waals surface area contributed by atoms with Crippen LogP contribution in [0.2, 0.25) is 0 Å². The van der Waals surface area contributed by atoms with Gasteiger partial charge in [0.05, 0.1) is 51.0 Å². The van der Waals surface area contributed by atoms with Crippen LogP contribution in [0.1, 0.15) is 165 Å². The molecule has 119 heavy (non-hydrogen) atoms. The molecule has 19 rings (SSSR count). The van der Waals surface area contributed by atoms with Gasteiger partial charge in [0.1, 0.15) is 0 Å². The number of benzene rings is 15. The second-order valence-electron chi connectivity index (χ2n) is 38.4. The number of anilines is 3. The molecule has 1 atom stereocenters. The highest BCUT2D eigenvalue weighted by Gasteiger charge is 2.47. The molecule has 0 N–H and O–H groups in total. The lowest BCUT2D eigenvalue weighted by Crippen LogP contribution is -2.62. The predicted octanol–water partition coefficient (Wildman–Crippen LogP) is 27.9. The van der Waals surface area contributed by atoms with Gasteiger partial charge in [-0.15, -0.1) is 0 Å². The van der Waals surface area contributed by atoms with Crippen LogP contribution in [0, 0.1) is 22.7 Å². The van der Waals surface area contributed by atoms with Crippen LogP contribution in [0.25, 0.3) is 122 Å². The molecule has 5 nitrogen and oxygen atoms in total. The fourth-order valence-electron chi connectivity index (χ4n) is 19.1. The monoisotopic (exact) mass is 1540 g/mol. The zero-order valence-electron chi connectivity index (χ0n) is 70.9. The van der Waals surface area contributed by atoms with Gasteiger partial charge in [-0.1, -0.05) is 322 Å². The molecule has 0 aliphatic carbocycles. The molecule has 2 aliphatic heterocycles. The Morgan fingerprint density at radius 1 is 0.277 bits per heavy atom. The summed E-state index contributed by atoms with van der Waals surface area (Å²) in [5.74, 6) is -0.467. The van der Waals surface area contributed by atoms with Gasteiger partial charge in [0.15, 0.2) is 0 Å². The highest BCUT2D eigenvalue weighted by molar-refractivity contribution is 6.99. The highest BCUT2D eigenvalue weighted by atomic mass is 15.2. The minimum atomic E-state index is -0.467. The van der Waals surface area contributed by atoms with E-state index in [1.807, 2.05) is 12.1 Å². The molecule has 0 saturated heterocycles. The van der Waals surface area contributed by atoms with Crippen LogP contribution in [0.3, 0.4) is 0 Å². The summed E-state index contributed by atoms with van der Waals surface area (Å²) in [6.45, 7) is 34.4. The van der Waals surface area contributed by atoms with Crippen molar-refractivity contribution in [3.8, 4) is 90.3 Å². The molecule has 0 bridgehead atoms. The molecule has 0 spiro atoms. The highest BCUT2D eigenvalue weighted by Crippen LogP contribution is 2.55. The maximum Gasteiger partial charge on any atom is 0.247 e. The van der Waals surface area contributed by atoms with Crippen molar-refractivity contribution in [3.63, 3.8) is 0 Å². The van der Waals surface area contributed by atoms with Crippen LogP contribution >= 0.6 is 0 Å². The minimum absolute atomic E-state index is 0.0646. The van der Waals surface area contributed by atoms with Crippen molar-refractivity contribution in [1.82, 2.24) is 9.13 Å². The second kappa shape index (κ2) is 28.3. The van der Waals surface area contributed by atoms with Crippen LogP contribution in [0.15, 0.2) is 315 Å². The van der Waals surface area contributed by atoms with Crippen LogP contribution in [-0.2, 0) is 27.1 Å². The van der Waals surface area contributed by atoms with Gasteiger partial charge in [-0.25, -0.2) is 0 Å². The Hall–Kier alpha value is -13.3. The minimum Gasteiger partial charge on any atom is -0.310 e. The van der Waals surface area contributed by atoms with Crippen LogP contribution in [0.4, 0.5) is 17.1 Å². The molecule has 17 aromatic rings. The standard InChI is InChI=1S/C113H98BN5/c1-109(2,3)80-48-44-72(45-49-80)78-60-91(74-30-24-28-70(56-74)68-115)105(92(61-78)76-32-26-34-82(58-76)111(7,8)9)106-95-66-85(117-99-40-20-16-36-87(99)88-37-17-21-41-100(88)117)52-54-97(95)114-98-55-53-86(118-101-42-22-18-38-89(101)90-39-19-23-43-102(90)118)67-103(98)119(104-65-84(113(13,14)15)64-96(106)107(104)114)108-93(75-31-25-29-71(57-75)69-116)62-79(73-46-50-81(51-47-73)110(4,5)6)63-94(108)77-33-27-35-83(59-77)112(10,11)12/h16-67,106H,1-15H3. The van der Waals surface area contributed by atoms with Crippen molar-refractivity contribution >= 4 is 83.8 Å². The van der Waals surface area contributed by atoms with E-state index >= 15 is 0 Å². The Morgan fingerprint density at radius 3 is 1.08 bits per heavy atom. The molecule has 0 saturated carbocycles. The van der Waals surface area contributed by atoms with Gasteiger partial charge in [0.2, 0.25) is 6.71 Å². The molecule has 2 aliphatic rings. The van der Waals surface area contributed by atoms with Crippen LogP contribution in [0.5, 0.6) is 0 Å². The van der Waals surface area contributed by atoms with Gasteiger partial charge >= 0.3 is 0 Å². The molecule has 2 aromatic heterocycles. The number of rotatable bonds is 10. The van der Waals surface area contributed by atoms with Gasteiger partial charge in [0, 0.05) is 61.3 Å². The van der Waals surface area contributed by atoms with E-state index in [0.29, 0.717) is 11.1 Å². The summed E-state index contributed by atoms with van der Waals surface area (Å²) >= 11 is 0. The SMILES string of the molecule is CC(C)(C)c1ccc(-c2cc(-c3cccc(C#N)c3)c(C3c4cc(-n5c6ccccc6c6ccccc65)ccc4B4c5ccc(-n6c7ccccc7c7ccccc76)cc5N(c5c(-c6cccc(C#N)c6)cc(-c6ccc(C(C)(C)C)cc6)cc5-c5cccc(C(C)(C)C)c5)c5cc(C(C)(C)C)cc3c54)c(-c3cccc(C(C)(C)C)c3)c2)cc1. The van der Waals surface area contributed by atoms with E-state index in [2.05, 4.69) is 433 Å². The number of para-hydroxylation sites is 4. The molecule has 1 unspecified atom stereocenters. The first kappa shape index (κ1) is 75.8. The van der Waals surface area contributed by atoms with Gasteiger partial charge in [-0.05, 0) is 241 Å². The second-order valence-corrected chi connectivity index (χ2v) is 38.4. The lowest BCUT2D eigenvalue weighted by atomic mass is 9.31. The Kier molecular flexibility index (Phi) is 18.0. The number of fused-ring (bicyclic) bond motifs is 10. The largest absolute Gasteiger partial charge is 0.310 e. The average molecular weight is 1540 g/mol. The van der Waals surface area contributed by atoms with Crippen molar-refractivity contribution < 1.29 is 0 Å². The fraction of sp³-hybridized carbons (Fsp3) is 0.186. The maximum atomic E-state index is 11.2. The van der Waals surface area contributed by atoms with E-state index in [0.717, 1.165) is 128 Å². The number of nitrogens with zero attached hydrogens (tertiary/aromatic N) is 5. The number of nitriles is 2. The lowest BCUT2D eigenvalue weighted by molar-refractivity contribution is 0.589. The molecular weight excluding hydrogens is 1440 g/mol. The molecule has 0 fully saturated rings. The van der Waals surface area contributed by atoms with Crippen molar-refractivity contribution in [2.75, 3.05) is 4.90 Å². The summed E-state index contributed by atoms with van der Waals surface area (Å²) in [5, 5.41) is 27.1. The smallest absolute Gasteiger partial charge is 0.247 e. The van der Waals surface area contributed by atoms with Crippen LogP contribution in [-0.4, -0.2) is 15.8 Å². The normalized spacial score (nSPS) is 13.5. The topological polar surface area (TPSA) is 60.7 Å². The zero-order valence-corrected chi connectivity index (χ0v) is 70.9. The lowest BCUT2D eigenvalue weighted by Gasteiger charge is -2.45. The van der Waals surface area contributed by atoms with E-state index in [1.165, 1.54) is 71.4 Å². The van der Waals surface area contributed by atoms with Gasteiger partial charge < -0.3 is 14.0 Å². The predicted molar refractivity (Wildman–Crippen MR) is 504 cm³/mol. The van der Waals surface area contributed by atoms with Gasteiger partial charge in [-0.3, -0.25) is 0 Å². The molecule has 6 heteroatoms. The van der Waals surface area contributed by atoms with Crippen molar-refractivity contribution in [2.45, 2.75) is 137 Å². The number of hydrogen-bond donors (Lipinski definition) is 0. The van der Waals surface area contributed by atoms with E-state index in [9.17, 15) is 10.5 Å². The average Bonchev–Trinajstić information content (AvgIpc) is 1.10. The van der Waals surface area contributed by atoms with E-state index in [-0.39, 0.29) is 28.4 Å². The number of aromatic nitrogens is 2. The Balaban J connectivity index is 1.02. The summed E-state index contributed by atoms with van der Waals surface area (Å²) in [5.41, 5.74) is 36.0. The summed E-state index contributed by atoms with van der Waals surface area (Å²) in [7, 11) is 0. The van der Waals surface area contributed by atoms with E-state index in [1.54, 1.807) is 0 Å². The molecule has 4 heterocycles. The molecular formula is C113H98BN5.